The number of benzene rings is 1. The van der Waals surface area contributed by atoms with E-state index in [4.69, 9.17) is 0 Å². The quantitative estimate of drug-likeness (QED) is 0.908. The van der Waals surface area contributed by atoms with Crippen LogP contribution in [0.1, 0.15) is 48.9 Å². The van der Waals surface area contributed by atoms with Crippen molar-refractivity contribution in [2.24, 2.45) is 7.05 Å². The highest BCUT2D eigenvalue weighted by Gasteiger charge is 2.37. The van der Waals surface area contributed by atoms with Crippen LogP contribution < -0.4 is 0 Å². The molecule has 0 amide bonds. The van der Waals surface area contributed by atoms with Gasteiger partial charge in [-0.3, -0.25) is 9.58 Å². The van der Waals surface area contributed by atoms with Gasteiger partial charge in [0.05, 0.1) is 6.20 Å². The predicted molar refractivity (Wildman–Crippen MR) is 102 cm³/mol. The Morgan fingerprint density at radius 3 is 2.80 bits per heavy atom. The van der Waals surface area contributed by atoms with Crippen molar-refractivity contribution in [2.75, 3.05) is 13.2 Å². The monoisotopic (exact) mass is 341 g/mol. The Balaban J connectivity index is 1.78. The van der Waals surface area contributed by atoms with E-state index in [9.17, 15) is 5.11 Å². The average Bonchev–Trinajstić information content (AvgIpc) is 2.97. The maximum absolute atomic E-state index is 9.44. The van der Waals surface area contributed by atoms with Gasteiger partial charge in [-0.25, -0.2) is 0 Å². The maximum atomic E-state index is 9.44. The summed E-state index contributed by atoms with van der Waals surface area (Å²) in [7, 11) is 1.97. The number of nitrogens with zero attached hydrogens (tertiary/aromatic N) is 3. The van der Waals surface area contributed by atoms with Gasteiger partial charge in [-0.15, -0.1) is 0 Å². The van der Waals surface area contributed by atoms with Crippen molar-refractivity contribution in [1.82, 2.24) is 14.7 Å². The Labute approximate surface area is 151 Å². The van der Waals surface area contributed by atoms with E-state index in [-0.39, 0.29) is 12.0 Å². The van der Waals surface area contributed by atoms with Gasteiger partial charge in [0.15, 0.2) is 0 Å². The van der Waals surface area contributed by atoms with E-state index in [1.807, 2.05) is 17.9 Å². The lowest BCUT2D eigenvalue weighted by Crippen LogP contribution is -2.46. The van der Waals surface area contributed by atoms with Crippen molar-refractivity contribution in [3.63, 3.8) is 0 Å². The Kier molecular flexibility index (Phi) is 5.30. The standard InChI is InChI=1S/C21H31N3O/c1-16-5-6-19(7-10-25)20(11-16)21(3)8-9-24(17(2)12-21)15-18-13-22-23(4)14-18/h5-6,11,13-14,17,25H,7-10,12,15H2,1-4H3/t17-,21-/m0/s1. The van der Waals surface area contributed by atoms with Crippen LogP contribution in [0.15, 0.2) is 30.6 Å². The maximum Gasteiger partial charge on any atom is 0.0534 e. The SMILES string of the molecule is Cc1ccc(CCO)c([C@@]2(C)CCN(Cc3cnn(C)c3)[C@@H](C)C2)c1. The van der Waals surface area contributed by atoms with Gasteiger partial charge in [0.1, 0.15) is 0 Å². The van der Waals surface area contributed by atoms with Gasteiger partial charge in [0.2, 0.25) is 0 Å². The van der Waals surface area contributed by atoms with Crippen molar-refractivity contribution in [2.45, 2.75) is 58.0 Å². The summed E-state index contributed by atoms with van der Waals surface area (Å²) in [6.07, 6.45) is 7.13. The van der Waals surface area contributed by atoms with E-state index in [0.29, 0.717) is 6.04 Å². The molecule has 0 spiro atoms. The lowest BCUT2D eigenvalue weighted by atomic mass is 9.70. The zero-order chi connectivity index (χ0) is 18.0. The lowest BCUT2D eigenvalue weighted by Gasteiger charge is -2.45. The lowest BCUT2D eigenvalue weighted by molar-refractivity contribution is 0.103. The van der Waals surface area contributed by atoms with Crippen molar-refractivity contribution in [1.29, 1.82) is 0 Å². The van der Waals surface area contributed by atoms with E-state index >= 15 is 0 Å². The molecule has 3 rings (SSSR count). The van der Waals surface area contributed by atoms with Crippen LogP contribution in [-0.4, -0.2) is 39.0 Å². The molecule has 2 atom stereocenters. The molecule has 4 heteroatoms. The van der Waals surface area contributed by atoms with Crippen LogP contribution in [0.4, 0.5) is 0 Å². The highest BCUT2D eigenvalue weighted by molar-refractivity contribution is 5.38. The van der Waals surface area contributed by atoms with Gasteiger partial charge in [-0.05, 0) is 56.2 Å². The number of aliphatic hydroxyl groups is 1. The van der Waals surface area contributed by atoms with E-state index in [1.54, 1.807) is 0 Å². The second-order valence-corrected chi connectivity index (χ2v) is 7.99. The van der Waals surface area contributed by atoms with Crippen LogP contribution in [0.5, 0.6) is 0 Å². The highest BCUT2D eigenvalue weighted by atomic mass is 16.2. The van der Waals surface area contributed by atoms with Crippen molar-refractivity contribution < 1.29 is 5.11 Å². The van der Waals surface area contributed by atoms with E-state index in [0.717, 1.165) is 32.4 Å². The van der Waals surface area contributed by atoms with Crippen molar-refractivity contribution >= 4 is 0 Å². The molecule has 1 aliphatic rings. The third-order valence-electron chi connectivity index (χ3n) is 5.76. The number of piperidine rings is 1. The fourth-order valence-electron chi connectivity index (χ4n) is 4.35. The normalized spacial score (nSPS) is 24.6. The molecule has 1 aromatic carbocycles. The summed E-state index contributed by atoms with van der Waals surface area (Å²) in [4.78, 5) is 2.57. The molecule has 2 heterocycles. The second kappa shape index (κ2) is 7.30. The molecule has 1 aliphatic heterocycles. The molecule has 0 aliphatic carbocycles. The molecule has 0 unspecified atom stereocenters. The summed E-state index contributed by atoms with van der Waals surface area (Å²) >= 11 is 0. The first kappa shape index (κ1) is 18.2. The van der Waals surface area contributed by atoms with Crippen molar-refractivity contribution in [3.05, 3.63) is 52.8 Å². The van der Waals surface area contributed by atoms with E-state index < -0.39 is 0 Å². The molecule has 4 nitrogen and oxygen atoms in total. The van der Waals surface area contributed by atoms with Crippen LogP contribution in [0.25, 0.3) is 0 Å². The van der Waals surface area contributed by atoms with Gasteiger partial charge in [0.25, 0.3) is 0 Å². The minimum atomic E-state index is 0.182. The van der Waals surface area contributed by atoms with Gasteiger partial charge in [-0.2, -0.15) is 5.10 Å². The molecule has 1 aromatic heterocycles. The first-order valence-corrected chi connectivity index (χ1v) is 9.34. The third kappa shape index (κ3) is 3.96. The smallest absolute Gasteiger partial charge is 0.0534 e. The number of likely N-dealkylation sites (tertiary alicyclic amines) is 1. The largest absolute Gasteiger partial charge is 0.396 e. The Morgan fingerprint density at radius 1 is 1.36 bits per heavy atom. The minimum Gasteiger partial charge on any atom is -0.396 e. The fourth-order valence-corrected chi connectivity index (χ4v) is 4.35. The number of hydrogen-bond acceptors (Lipinski definition) is 3. The summed E-state index contributed by atoms with van der Waals surface area (Å²) in [6.45, 7) is 9.20. The zero-order valence-corrected chi connectivity index (χ0v) is 16.0. The summed E-state index contributed by atoms with van der Waals surface area (Å²) < 4.78 is 1.88. The molecular weight excluding hydrogens is 310 g/mol. The highest BCUT2D eigenvalue weighted by Crippen LogP contribution is 2.40. The molecule has 136 valence electrons. The van der Waals surface area contributed by atoms with Crippen LogP contribution in [0.2, 0.25) is 0 Å². The summed E-state index contributed by atoms with van der Waals surface area (Å²) in [6, 6.07) is 7.24. The summed E-state index contributed by atoms with van der Waals surface area (Å²) in [5.41, 5.74) is 5.53. The van der Waals surface area contributed by atoms with E-state index in [2.05, 4.69) is 55.2 Å². The molecule has 25 heavy (non-hydrogen) atoms. The molecule has 2 aromatic rings. The van der Waals surface area contributed by atoms with Crippen LogP contribution in [0.3, 0.4) is 0 Å². The van der Waals surface area contributed by atoms with Crippen LogP contribution in [-0.2, 0) is 25.4 Å². The third-order valence-corrected chi connectivity index (χ3v) is 5.76. The topological polar surface area (TPSA) is 41.3 Å². The number of aliphatic hydroxyl groups excluding tert-OH is 1. The van der Waals surface area contributed by atoms with Gasteiger partial charge < -0.3 is 5.11 Å². The number of aryl methyl sites for hydroxylation is 2. The zero-order valence-electron chi connectivity index (χ0n) is 16.0. The first-order valence-electron chi connectivity index (χ1n) is 9.34. The van der Waals surface area contributed by atoms with Crippen LogP contribution >= 0.6 is 0 Å². The Hall–Kier alpha value is -1.65. The molecule has 0 bridgehead atoms. The predicted octanol–water partition coefficient (Wildman–Crippen LogP) is 3.21. The molecule has 1 saturated heterocycles. The molecule has 0 saturated carbocycles. The number of rotatable bonds is 5. The van der Waals surface area contributed by atoms with Gasteiger partial charge in [-0.1, -0.05) is 30.7 Å². The Morgan fingerprint density at radius 2 is 2.16 bits per heavy atom. The molecular formula is C21H31N3O. The minimum absolute atomic E-state index is 0.182. The van der Waals surface area contributed by atoms with Crippen LogP contribution in [0, 0.1) is 6.92 Å². The van der Waals surface area contributed by atoms with Crippen molar-refractivity contribution in [3.8, 4) is 0 Å². The molecule has 1 fully saturated rings. The second-order valence-electron chi connectivity index (χ2n) is 7.99. The number of hydrogen-bond donors (Lipinski definition) is 1. The van der Waals surface area contributed by atoms with Gasteiger partial charge in [0, 0.05) is 38.0 Å². The van der Waals surface area contributed by atoms with E-state index in [1.165, 1.54) is 22.3 Å². The number of aromatic nitrogens is 2. The average molecular weight is 341 g/mol. The molecule has 1 N–H and O–H groups in total. The first-order chi connectivity index (χ1) is 11.9. The summed E-state index contributed by atoms with van der Waals surface area (Å²) in [5.74, 6) is 0. The fraction of sp³-hybridized carbons (Fsp3) is 0.571. The Bertz CT molecular complexity index is 724. The molecule has 0 radical (unpaired) electrons. The van der Waals surface area contributed by atoms with Gasteiger partial charge >= 0.3 is 0 Å². The summed E-state index contributed by atoms with van der Waals surface area (Å²) in [5, 5.41) is 13.7.